The Bertz CT molecular complexity index is 143. The smallest absolute Gasteiger partial charge is 0.0271 e. The topological polar surface area (TPSA) is 52.0 Å². The Balaban J connectivity index is 2.43. The van der Waals surface area contributed by atoms with Gasteiger partial charge >= 0.3 is 0 Å². The van der Waals surface area contributed by atoms with Gasteiger partial charge in [-0.3, -0.25) is 0 Å². The molecule has 0 amide bonds. The minimum Gasteiger partial charge on any atom is -0.401 e. The van der Waals surface area contributed by atoms with E-state index in [4.69, 9.17) is 11.5 Å². The van der Waals surface area contributed by atoms with E-state index in [9.17, 15) is 0 Å². The number of hydrogen-bond donors (Lipinski definition) is 2. The van der Waals surface area contributed by atoms with Crippen LogP contribution in [-0.2, 0) is 0 Å². The van der Waals surface area contributed by atoms with Crippen molar-refractivity contribution in [3.8, 4) is 0 Å². The van der Waals surface area contributed by atoms with Gasteiger partial charge in [-0.1, -0.05) is 25.7 Å². The lowest BCUT2D eigenvalue weighted by molar-refractivity contribution is 0.575. The minimum absolute atomic E-state index is 0.942. The molecule has 0 radical (unpaired) electrons. The van der Waals surface area contributed by atoms with Crippen LogP contribution in [0.4, 0.5) is 0 Å². The summed E-state index contributed by atoms with van der Waals surface area (Å²) in [6.45, 7) is 0. The summed E-state index contributed by atoms with van der Waals surface area (Å²) in [6, 6.07) is 0. The van der Waals surface area contributed by atoms with Gasteiger partial charge in [-0.05, 0) is 25.7 Å². The highest BCUT2D eigenvalue weighted by atomic mass is 14.7. The zero-order valence-corrected chi connectivity index (χ0v) is 7.81. The van der Waals surface area contributed by atoms with Crippen LogP contribution in [0.5, 0.6) is 0 Å². The molecule has 0 saturated carbocycles. The maximum atomic E-state index is 5.82. The second kappa shape index (κ2) is 5.07. The van der Waals surface area contributed by atoms with Crippen LogP contribution in [0, 0.1) is 0 Å². The van der Waals surface area contributed by atoms with E-state index in [2.05, 4.69) is 0 Å². The van der Waals surface area contributed by atoms with Crippen molar-refractivity contribution in [3.05, 3.63) is 11.4 Å². The van der Waals surface area contributed by atoms with Crippen LogP contribution in [-0.4, -0.2) is 0 Å². The first-order chi connectivity index (χ1) is 5.80. The maximum Gasteiger partial charge on any atom is 0.0271 e. The van der Waals surface area contributed by atoms with Crippen LogP contribution < -0.4 is 11.5 Å². The zero-order chi connectivity index (χ0) is 8.81. The second-order valence-electron chi connectivity index (χ2n) is 3.67. The molecule has 1 aliphatic carbocycles. The van der Waals surface area contributed by atoms with E-state index in [0.29, 0.717) is 0 Å². The van der Waals surface area contributed by atoms with Crippen molar-refractivity contribution in [1.82, 2.24) is 0 Å². The summed E-state index contributed by atoms with van der Waals surface area (Å²) in [7, 11) is 0. The Morgan fingerprint density at radius 1 is 0.583 bits per heavy atom. The molecule has 0 unspecified atom stereocenters. The number of nitrogens with two attached hydrogens (primary N) is 2. The fraction of sp³-hybridized carbons (Fsp3) is 0.800. The zero-order valence-electron chi connectivity index (χ0n) is 7.81. The van der Waals surface area contributed by atoms with Crippen molar-refractivity contribution in [2.24, 2.45) is 11.5 Å². The van der Waals surface area contributed by atoms with E-state index >= 15 is 0 Å². The van der Waals surface area contributed by atoms with Crippen LogP contribution in [0.2, 0.25) is 0 Å². The summed E-state index contributed by atoms with van der Waals surface area (Å²) in [5.41, 5.74) is 13.5. The molecule has 1 rings (SSSR count). The molecular formula is C10H20N2. The first kappa shape index (κ1) is 9.43. The van der Waals surface area contributed by atoms with Crippen molar-refractivity contribution in [3.63, 3.8) is 0 Å². The van der Waals surface area contributed by atoms with Gasteiger partial charge in [-0.25, -0.2) is 0 Å². The SMILES string of the molecule is N/C1=C(\N)CCCCCCCC1. The Hall–Kier alpha value is -0.660. The van der Waals surface area contributed by atoms with E-state index < -0.39 is 0 Å². The molecule has 2 heteroatoms. The third-order valence-corrected chi connectivity index (χ3v) is 2.55. The van der Waals surface area contributed by atoms with Crippen molar-refractivity contribution < 1.29 is 0 Å². The standard InChI is InChI=1S/C10H20N2/c11-9-7-5-3-1-2-4-6-8-10(9)12/h1-8,11-12H2/b10-9-. The Morgan fingerprint density at radius 2 is 0.917 bits per heavy atom. The van der Waals surface area contributed by atoms with Gasteiger partial charge in [0.1, 0.15) is 0 Å². The number of hydrogen-bond acceptors (Lipinski definition) is 2. The molecule has 0 saturated heterocycles. The molecule has 0 aromatic heterocycles. The average Bonchev–Trinajstić information content (AvgIpc) is 2.08. The summed E-state index contributed by atoms with van der Waals surface area (Å²) >= 11 is 0. The Labute approximate surface area is 75.0 Å². The highest BCUT2D eigenvalue weighted by molar-refractivity contribution is 5.07. The van der Waals surface area contributed by atoms with Crippen molar-refractivity contribution in [2.75, 3.05) is 0 Å². The van der Waals surface area contributed by atoms with Gasteiger partial charge in [0.25, 0.3) is 0 Å². The molecule has 12 heavy (non-hydrogen) atoms. The van der Waals surface area contributed by atoms with Gasteiger partial charge in [0.15, 0.2) is 0 Å². The van der Waals surface area contributed by atoms with Crippen LogP contribution in [0.15, 0.2) is 11.4 Å². The predicted octanol–water partition coefficient (Wildman–Crippen LogP) is 2.25. The average molecular weight is 168 g/mol. The van der Waals surface area contributed by atoms with Gasteiger partial charge in [0, 0.05) is 11.4 Å². The lowest BCUT2D eigenvalue weighted by atomic mass is 10.0. The van der Waals surface area contributed by atoms with E-state index in [1.807, 2.05) is 0 Å². The van der Waals surface area contributed by atoms with Crippen LogP contribution in [0.1, 0.15) is 51.4 Å². The fourth-order valence-corrected chi connectivity index (χ4v) is 1.66. The molecule has 1 aliphatic rings. The maximum absolute atomic E-state index is 5.82. The van der Waals surface area contributed by atoms with E-state index in [1.165, 1.54) is 38.5 Å². The third-order valence-electron chi connectivity index (χ3n) is 2.55. The first-order valence-corrected chi connectivity index (χ1v) is 5.03. The Kier molecular flexibility index (Phi) is 3.98. The lowest BCUT2D eigenvalue weighted by Gasteiger charge is -2.10. The molecular weight excluding hydrogens is 148 g/mol. The summed E-state index contributed by atoms with van der Waals surface area (Å²) < 4.78 is 0. The van der Waals surface area contributed by atoms with Crippen LogP contribution >= 0.6 is 0 Å². The highest BCUT2D eigenvalue weighted by Crippen LogP contribution is 2.16. The first-order valence-electron chi connectivity index (χ1n) is 5.03. The summed E-state index contributed by atoms with van der Waals surface area (Å²) in [5, 5.41) is 0. The van der Waals surface area contributed by atoms with E-state index in [0.717, 1.165) is 24.2 Å². The quantitative estimate of drug-likeness (QED) is 0.583. The summed E-state index contributed by atoms with van der Waals surface area (Å²) in [4.78, 5) is 0. The van der Waals surface area contributed by atoms with Crippen LogP contribution in [0.25, 0.3) is 0 Å². The van der Waals surface area contributed by atoms with Gasteiger partial charge in [0.2, 0.25) is 0 Å². The second-order valence-corrected chi connectivity index (χ2v) is 3.67. The molecule has 70 valence electrons. The summed E-state index contributed by atoms with van der Waals surface area (Å²) in [5.74, 6) is 0. The number of rotatable bonds is 0. The van der Waals surface area contributed by atoms with Gasteiger partial charge in [0.05, 0.1) is 0 Å². The van der Waals surface area contributed by atoms with Crippen LogP contribution in [0.3, 0.4) is 0 Å². The normalized spacial score (nSPS) is 28.3. The van der Waals surface area contributed by atoms with Gasteiger partial charge in [-0.2, -0.15) is 0 Å². The predicted molar refractivity (Wildman–Crippen MR) is 52.3 cm³/mol. The van der Waals surface area contributed by atoms with Crippen molar-refractivity contribution in [2.45, 2.75) is 51.4 Å². The minimum atomic E-state index is 0.942. The third kappa shape index (κ3) is 3.16. The van der Waals surface area contributed by atoms with Crippen molar-refractivity contribution in [1.29, 1.82) is 0 Å². The van der Waals surface area contributed by atoms with Crippen molar-refractivity contribution >= 4 is 0 Å². The molecule has 0 aromatic carbocycles. The molecule has 4 N–H and O–H groups in total. The largest absolute Gasteiger partial charge is 0.401 e. The molecule has 0 aromatic rings. The van der Waals surface area contributed by atoms with E-state index in [-0.39, 0.29) is 0 Å². The molecule has 0 aliphatic heterocycles. The molecule has 0 bridgehead atoms. The molecule has 0 spiro atoms. The van der Waals surface area contributed by atoms with Gasteiger partial charge < -0.3 is 11.5 Å². The molecule has 2 nitrogen and oxygen atoms in total. The Morgan fingerprint density at radius 3 is 1.33 bits per heavy atom. The van der Waals surface area contributed by atoms with Gasteiger partial charge in [-0.15, -0.1) is 0 Å². The highest BCUT2D eigenvalue weighted by Gasteiger charge is 2.02. The molecule has 0 heterocycles. The molecule has 0 atom stereocenters. The molecule has 0 fully saturated rings. The monoisotopic (exact) mass is 168 g/mol. The fourth-order valence-electron chi connectivity index (χ4n) is 1.66. The summed E-state index contributed by atoms with van der Waals surface area (Å²) in [6.07, 6.45) is 9.80. The van der Waals surface area contributed by atoms with E-state index in [1.54, 1.807) is 0 Å². The number of allylic oxidation sites excluding steroid dienone is 2. The lowest BCUT2D eigenvalue weighted by Crippen LogP contribution is -2.10.